The van der Waals surface area contributed by atoms with Crippen molar-refractivity contribution in [1.82, 2.24) is 25.4 Å². The van der Waals surface area contributed by atoms with E-state index in [0.29, 0.717) is 6.54 Å². The fourth-order valence-electron chi connectivity index (χ4n) is 2.67. The van der Waals surface area contributed by atoms with Crippen molar-refractivity contribution < 1.29 is 0 Å². The molecule has 0 amide bonds. The van der Waals surface area contributed by atoms with Crippen LogP contribution in [0.25, 0.3) is 5.69 Å². The summed E-state index contributed by atoms with van der Waals surface area (Å²) in [6.07, 6.45) is 1.72. The topological polar surface area (TPSA) is 67.1 Å². The van der Waals surface area contributed by atoms with E-state index in [2.05, 4.69) is 51.8 Å². The monoisotopic (exact) mass is 476 g/mol. The highest BCUT2D eigenvalue weighted by atomic mass is 127. The molecule has 1 unspecified atom stereocenters. The third-order valence-electron chi connectivity index (χ3n) is 4.03. The van der Waals surface area contributed by atoms with E-state index in [4.69, 9.17) is 0 Å². The molecule has 2 N–H and O–H groups in total. The highest BCUT2D eigenvalue weighted by molar-refractivity contribution is 14.0. The van der Waals surface area contributed by atoms with Gasteiger partial charge < -0.3 is 10.6 Å². The molecule has 0 spiro atoms. The molecule has 3 aromatic rings. The maximum absolute atomic E-state index is 4.68. The van der Waals surface area contributed by atoms with Gasteiger partial charge in [0.1, 0.15) is 12.9 Å². The van der Waals surface area contributed by atoms with Gasteiger partial charge >= 0.3 is 0 Å². The first-order chi connectivity index (χ1) is 12.8. The van der Waals surface area contributed by atoms with Gasteiger partial charge in [0.25, 0.3) is 0 Å². The zero-order chi connectivity index (χ0) is 18.2. The third kappa shape index (κ3) is 5.78. The Morgan fingerprint density at radius 2 is 1.74 bits per heavy atom. The van der Waals surface area contributed by atoms with Gasteiger partial charge in [0.05, 0.1) is 6.04 Å². The lowest BCUT2D eigenvalue weighted by Crippen LogP contribution is -2.38. The second-order valence-electron chi connectivity index (χ2n) is 5.92. The van der Waals surface area contributed by atoms with Gasteiger partial charge in [-0.25, -0.2) is 4.99 Å². The molecule has 0 aliphatic carbocycles. The summed E-state index contributed by atoms with van der Waals surface area (Å²) in [7, 11) is 0. The molecule has 0 aliphatic heterocycles. The van der Waals surface area contributed by atoms with Crippen LogP contribution in [-0.2, 0) is 6.54 Å². The van der Waals surface area contributed by atoms with Crippen LogP contribution < -0.4 is 10.6 Å². The first-order valence-electron chi connectivity index (χ1n) is 8.82. The van der Waals surface area contributed by atoms with E-state index in [1.807, 2.05) is 53.1 Å². The van der Waals surface area contributed by atoms with Gasteiger partial charge in [-0.1, -0.05) is 48.5 Å². The lowest BCUT2D eigenvalue weighted by molar-refractivity contribution is 0.683. The zero-order valence-electron chi connectivity index (χ0n) is 15.5. The van der Waals surface area contributed by atoms with Gasteiger partial charge in [-0.2, -0.15) is 0 Å². The van der Waals surface area contributed by atoms with Crippen molar-refractivity contribution in [3.05, 3.63) is 78.4 Å². The van der Waals surface area contributed by atoms with Crippen molar-refractivity contribution >= 4 is 29.9 Å². The molecule has 1 aromatic heterocycles. The van der Waals surface area contributed by atoms with Gasteiger partial charge in [0.2, 0.25) is 0 Å². The van der Waals surface area contributed by atoms with Crippen molar-refractivity contribution in [2.24, 2.45) is 4.99 Å². The summed E-state index contributed by atoms with van der Waals surface area (Å²) < 4.78 is 1.95. The molecular weight excluding hydrogens is 451 g/mol. The second kappa shape index (κ2) is 10.7. The smallest absolute Gasteiger partial charge is 0.192 e. The summed E-state index contributed by atoms with van der Waals surface area (Å²) in [5, 5.41) is 15.0. The number of nitrogens with zero attached hydrogens (tertiary/aromatic N) is 4. The van der Waals surface area contributed by atoms with Crippen molar-refractivity contribution in [2.75, 3.05) is 6.54 Å². The van der Waals surface area contributed by atoms with Gasteiger partial charge in [-0.15, -0.1) is 34.2 Å². The van der Waals surface area contributed by atoms with Crippen LogP contribution in [-0.4, -0.2) is 27.3 Å². The minimum Gasteiger partial charge on any atom is -0.357 e. The number of guanidine groups is 1. The largest absolute Gasteiger partial charge is 0.357 e. The third-order valence-corrected chi connectivity index (χ3v) is 4.03. The van der Waals surface area contributed by atoms with Crippen LogP contribution in [0.4, 0.5) is 0 Å². The SMILES string of the molecule is CCNC(=NCc1nncn1-c1ccccc1)NC(C)c1ccccc1.I. The first-order valence-corrected chi connectivity index (χ1v) is 8.82. The Morgan fingerprint density at radius 3 is 2.41 bits per heavy atom. The molecule has 0 saturated carbocycles. The molecular formula is C20H25IN6. The summed E-state index contributed by atoms with van der Waals surface area (Å²) >= 11 is 0. The van der Waals surface area contributed by atoms with E-state index in [9.17, 15) is 0 Å². The van der Waals surface area contributed by atoms with Crippen LogP contribution in [0.2, 0.25) is 0 Å². The molecule has 1 heterocycles. The number of halogens is 1. The average Bonchev–Trinajstić information content (AvgIpc) is 3.16. The normalized spacial score (nSPS) is 12.1. The summed E-state index contributed by atoms with van der Waals surface area (Å²) in [5.41, 5.74) is 2.24. The molecule has 1 atom stereocenters. The summed E-state index contributed by atoms with van der Waals surface area (Å²) in [6.45, 7) is 5.40. The van der Waals surface area contributed by atoms with Gasteiger partial charge in [0, 0.05) is 12.2 Å². The molecule has 142 valence electrons. The Balaban J connectivity index is 0.00000261. The molecule has 7 heteroatoms. The lowest BCUT2D eigenvalue weighted by Gasteiger charge is -2.18. The second-order valence-corrected chi connectivity index (χ2v) is 5.92. The van der Waals surface area contributed by atoms with Crippen LogP contribution in [0.1, 0.15) is 31.3 Å². The van der Waals surface area contributed by atoms with E-state index >= 15 is 0 Å². The minimum absolute atomic E-state index is 0. The molecule has 0 bridgehead atoms. The summed E-state index contributed by atoms with van der Waals surface area (Å²) in [4.78, 5) is 4.68. The number of hydrogen-bond acceptors (Lipinski definition) is 3. The van der Waals surface area contributed by atoms with Crippen LogP contribution in [0.3, 0.4) is 0 Å². The van der Waals surface area contributed by atoms with E-state index in [1.54, 1.807) is 6.33 Å². The molecule has 0 aliphatic rings. The number of aromatic nitrogens is 3. The number of rotatable bonds is 6. The van der Waals surface area contributed by atoms with Crippen LogP contribution in [0.15, 0.2) is 72.0 Å². The molecule has 2 aromatic carbocycles. The fourth-order valence-corrected chi connectivity index (χ4v) is 2.67. The standard InChI is InChI=1S/C20H24N6.HI/c1-3-21-20(24-16(2)17-10-6-4-7-11-17)22-14-19-25-23-15-26(19)18-12-8-5-9-13-18;/h4-13,15-16H,3,14H2,1-2H3,(H2,21,22,24);1H. The number of para-hydroxylation sites is 1. The fraction of sp³-hybridized carbons (Fsp3) is 0.250. The number of hydrogen-bond donors (Lipinski definition) is 2. The number of nitrogens with one attached hydrogen (secondary N) is 2. The van der Waals surface area contributed by atoms with Crippen LogP contribution in [0.5, 0.6) is 0 Å². The number of aliphatic imine (C=N–C) groups is 1. The Labute approximate surface area is 177 Å². The summed E-state index contributed by atoms with van der Waals surface area (Å²) in [5.74, 6) is 1.55. The van der Waals surface area contributed by atoms with Gasteiger partial charge in [-0.3, -0.25) is 4.57 Å². The quantitative estimate of drug-likeness (QED) is 0.324. The molecule has 27 heavy (non-hydrogen) atoms. The minimum atomic E-state index is 0. The van der Waals surface area contributed by atoms with E-state index in [-0.39, 0.29) is 30.0 Å². The van der Waals surface area contributed by atoms with E-state index in [1.165, 1.54) is 5.56 Å². The van der Waals surface area contributed by atoms with Gasteiger partial charge in [0.15, 0.2) is 11.8 Å². The van der Waals surface area contributed by atoms with E-state index in [0.717, 1.165) is 24.0 Å². The Hall–Kier alpha value is -2.42. The molecule has 3 rings (SSSR count). The van der Waals surface area contributed by atoms with Crippen LogP contribution in [0, 0.1) is 0 Å². The first kappa shape index (κ1) is 20.9. The molecule has 0 saturated heterocycles. The van der Waals surface area contributed by atoms with Crippen molar-refractivity contribution in [2.45, 2.75) is 26.4 Å². The number of benzene rings is 2. The van der Waals surface area contributed by atoms with Gasteiger partial charge in [-0.05, 0) is 31.5 Å². The highest BCUT2D eigenvalue weighted by Crippen LogP contribution is 2.12. The van der Waals surface area contributed by atoms with Crippen molar-refractivity contribution in [1.29, 1.82) is 0 Å². The summed E-state index contributed by atoms with van der Waals surface area (Å²) in [6, 6.07) is 20.5. The Kier molecular flexibility index (Phi) is 8.25. The Morgan fingerprint density at radius 1 is 1.07 bits per heavy atom. The Bertz CT molecular complexity index is 832. The molecule has 0 radical (unpaired) electrons. The van der Waals surface area contributed by atoms with Crippen molar-refractivity contribution in [3.63, 3.8) is 0 Å². The van der Waals surface area contributed by atoms with E-state index < -0.39 is 0 Å². The van der Waals surface area contributed by atoms with Crippen LogP contribution >= 0.6 is 24.0 Å². The molecule has 0 fully saturated rings. The zero-order valence-corrected chi connectivity index (χ0v) is 17.9. The maximum Gasteiger partial charge on any atom is 0.192 e. The highest BCUT2D eigenvalue weighted by Gasteiger charge is 2.09. The predicted octanol–water partition coefficient (Wildman–Crippen LogP) is 3.70. The maximum atomic E-state index is 4.68. The lowest BCUT2D eigenvalue weighted by atomic mass is 10.1. The average molecular weight is 476 g/mol. The predicted molar refractivity (Wildman–Crippen MR) is 120 cm³/mol. The van der Waals surface area contributed by atoms with Crippen molar-refractivity contribution in [3.8, 4) is 5.69 Å². The molecule has 6 nitrogen and oxygen atoms in total.